The third kappa shape index (κ3) is 3.52. The van der Waals surface area contributed by atoms with Gasteiger partial charge in [-0.1, -0.05) is 6.42 Å². The molecule has 0 unspecified atom stereocenters. The van der Waals surface area contributed by atoms with E-state index in [0.717, 1.165) is 23.2 Å². The summed E-state index contributed by atoms with van der Waals surface area (Å²) in [5.41, 5.74) is 1.86. The van der Waals surface area contributed by atoms with E-state index in [-0.39, 0.29) is 11.9 Å². The smallest absolute Gasteiger partial charge is 0.239 e. The fourth-order valence-corrected chi connectivity index (χ4v) is 4.57. The Balaban J connectivity index is 1.26. The van der Waals surface area contributed by atoms with Gasteiger partial charge < -0.3 is 10.6 Å². The van der Waals surface area contributed by atoms with Crippen LogP contribution in [0, 0.1) is 17.8 Å². The van der Waals surface area contributed by atoms with Gasteiger partial charge in [0.15, 0.2) is 0 Å². The van der Waals surface area contributed by atoms with Gasteiger partial charge in [0, 0.05) is 11.7 Å². The van der Waals surface area contributed by atoms with Crippen LogP contribution < -0.4 is 10.6 Å². The summed E-state index contributed by atoms with van der Waals surface area (Å²) < 4.78 is 1.70. The van der Waals surface area contributed by atoms with Crippen molar-refractivity contribution in [2.75, 3.05) is 11.9 Å². The molecule has 2 aliphatic carbocycles. The number of nitrogens with zero attached hydrogens (tertiary/aromatic N) is 3. The number of hydrogen-bond donors (Lipinski definition) is 2. The van der Waals surface area contributed by atoms with E-state index in [9.17, 15) is 4.79 Å². The van der Waals surface area contributed by atoms with Crippen LogP contribution in [0.15, 0.2) is 36.9 Å². The summed E-state index contributed by atoms with van der Waals surface area (Å²) in [6, 6.07) is 8.08. The molecule has 4 rings (SSSR count). The SMILES string of the molecule is C[C@@H](NC(=O)CNc1ccc(-n2cncn2)cc1)[C@@H]1C[C@H]2CC[C@H]1C2. The lowest BCUT2D eigenvalue weighted by Gasteiger charge is -2.28. The number of anilines is 1. The third-order valence-electron chi connectivity index (χ3n) is 5.83. The van der Waals surface area contributed by atoms with Crippen molar-refractivity contribution in [2.45, 2.75) is 38.6 Å². The standard InChI is InChI=1S/C19H25N5O/c1-13(18-9-14-2-3-15(18)8-14)23-19(25)10-21-16-4-6-17(7-5-16)24-12-20-11-22-24/h4-7,11-15,18,21H,2-3,8-10H2,1H3,(H,23,25)/t13-,14+,15+,18+/m1/s1. The summed E-state index contributed by atoms with van der Waals surface area (Å²) in [5.74, 6) is 2.48. The van der Waals surface area contributed by atoms with Gasteiger partial charge in [0.2, 0.25) is 5.91 Å². The summed E-state index contributed by atoms with van der Waals surface area (Å²) in [7, 11) is 0. The molecule has 2 aliphatic rings. The van der Waals surface area contributed by atoms with Gasteiger partial charge in [0.1, 0.15) is 12.7 Å². The van der Waals surface area contributed by atoms with E-state index in [1.54, 1.807) is 11.0 Å². The molecule has 2 saturated carbocycles. The summed E-state index contributed by atoms with van der Waals surface area (Å²) in [6.07, 6.45) is 8.59. The second kappa shape index (κ2) is 6.86. The first-order valence-corrected chi connectivity index (χ1v) is 9.17. The Morgan fingerprint density at radius 2 is 2.12 bits per heavy atom. The molecule has 0 radical (unpaired) electrons. The molecule has 2 N–H and O–H groups in total. The maximum atomic E-state index is 12.2. The van der Waals surface area contributed by atoms with Crippen molar-refractivity contribution in [3.63, 3.8) is 0 Å². The summed E-state index contributed by atoms with van der Waals surface area (Å²) in [6.45, 7) is 2.46. The van der Waals surface area contributed by atoms with Gasteiger partial charge in [0.05, 0.1) is 12.2 Å². The number of rotatable bonds is 6. The van der Waals surface area contributed by atoms with Gasteiger partial charge in [0.25, 0.3) is 0 Å². The van der Waals surface area contributed by atoms with Crippen molar-refractivity contribution in [1.29, 1.82) is 0 Å². The third-order valence-corrected chi connectivity index (χ3v) is 5.83. The van der Waals surface area contributed by atoms with Crippen LogP contribution in [0.1, 0.15) is 32.6 Å². The molecule has 1 heterocycles. The normalized spacial score (nSPS) is 25.7. The predicted octanol–water partition coefficient (Wildman–Crippen LogP) is 2.62. The molecule has 1 amide bonds. The highest BCUT2D eigenvalue weighted by Gasteiger charge is 2.42. The Labute approximate surface area is 148 Å². The first-order valence-electron chi connectivity index (χ1n) is 9.17. The van der Waals surface area contributed by atoms with Crippen LogP contribution >= 0.6 is 0 Å². The lowest BCUT2D eigenvalue weighted by molar-refractivity contribution is -0.120. The number of aromatic nitrogens is 3. The first-order chi connectivity index (χ1) is 12.2. The Hall–Kier alpha value is -2.37. The zero-order valence-electron chi connectivity index (χ0n) is 14.6. The van der Waals surface area contributed by atoms with Crippen LogP contribution in [-0.4, -0.2) is 33.3 Å². The zero-order chi connectivity index (χ0) is 17.2. The van der Waals surface area contributed by atoms with Crippen molar-refractivity contribution in [1.82, 2.24) is 20.1 Å². The largest absolute Gasteiger partial charge is 0.376 e. The fraction of sp³-hybridized carbons (Fsp3) is 0.526. The van der Waals surface area contributed by atoms with Crippen molar-refractivity contribution in [2.24, 2.45) is 17.8 Å². The monoisotopic (exact) mass is 339 g/mol. The summed E-state index contributed by atoms with van der Waals surface area (Å²) in [5, 5.41) is 10.5. The van der Waals surface area contributed by atoms with Gasteiger partial charge in [-0.15, -0.1) is 0 Å². The van der Waals surface area contributed by atoms with E-state index in [4.69, 9.17) is 0 Å². The molecular formula is C19H25N5O. The summed E-state index contributed by atoms with van der Waals surface area (Å²) >= 11 is 0. The van der Waals surface area contributed by atoms with E-state index in [2.05, 4.69) is 27.6 Å². The van der Waals surface area contributed by atoms with Gasteiger partial charge in [-0.05, 0) is 68.2 Å². The van der Waals surface area contributed by atoms with Crippen LogP contribution in [0.2, 0.25) is 0 Å². The molecule has 132 valence electrons. The molecule has 2 aromatic rings. The lowest BCUT2D eigenvalue weighted by atomic mass is 9.84. The van der Waals surface area contributed by atoms with E-state index in [1.807, 2.05) is 24.3 Å². The Bertz CT molecular complexity index is 712. The number of fused-ring (bicyclic) bond motifs is 2. The highest BCUT2D eigenvalue weighted by Crippen LogP contribution is 2.49. The van der Waals surface area contributed by atoms with Crippen molar-refractivity contribution < 1.29 is 4.79 Å². The van der Waals surface area contributed by atoms with Crippen LogP contribution in [0.5, 0.6) is 0 Å². The molecule has 1 aromatic carbocycles. The molecule has 2 bridgehead atoms. The van der Waals surface area contributed by atoms with Crippen LogP contribution in [0.25, 0.3) is 5.69 Å². The molecule has 6 heteroatoms. The van der Waals surface area contributed by atoms with Crippen molar-refractivity contribution in [3.8, 4) is 5.69 Å². The van der Waals surface area contributed by atoms with E-state index >= 15 is 0 Å². The van der Waals surface area contributed by atoms with Crippen molar-refractivity contribution >= 4 is 11.6 Å². The van der Waals surface area contributed by atoms with Crippen LogP contribution in [-0.2, 0) is 4.79 Å². The first kappa shape index (κ1) is 16.1. The highest BCUT2D eigenvalue weighted by molar-refractivity contribution is 5.81. The minimum atomic E-state index is 0.0654. The van der Waals surface area contributed by atoms with E-state index in [0.29, 0.717) is 12.5 Å². The Kier molecular flexibility index (Phi) is 4.42. The second-order valence-electron chi connectivity index (χ2n) is 7.44. The number of carbonyl (C=O) groups excluding carboxylic acids is 1. The molecule has 2 fully saturated rings. The second-order valence-corrected chi connectivity index (χ2v) is 7.44. The number of benzene rings is 1. The highest BCUT2D eigenvalue weighted by atomic mass is 16.1. The van der Waals surface area contributed by atoms with Crippen LogP contribution in [0.4, 0.5) is 5.69 Å². The van der Waals surface area contributed by atoms with Gasteiger partial charge in [-0.3, -0.25) is 4.79 Å². The Morgan fingerprint density at radius 1 is 1.28 bits per heavy atom. The average molecular weight is 339 g/mol. The number of hydrogen-bond acceptors (Lipinski definition) is 4. The average Bonchev–Trinajstić information content (AvgIpc) is 3.37. The van der Waals surface area contributed by atoms with Gasteiger partial charge >= 0.3 is 0 Å². The maximum absolute atomic E-state index is 12.2. The molecule has 6 nitrogen and oxygen atoms in total. The molecule has 1 aromatic heterocycles. The molecule has 0 aliphatic heterocycles. The maximum Gasteiger partial charge on any atom is 0.239 e. The number of carbonyl (C=O) groups is 1. The lowest BCUT2D eigenvalue weighted by Crippen LogP contribution is -2.42. The molecule has 0 saturated heterocycles. The van der Waals surface area contributed by atoms with Crippen molar-refractivity contribution in [3.05, 3.63) is 36.9 Å². The van der Waals surface area contributed by atoms with Gasteiger partial charge in [-0.2, -0.15) is 5.10 Å². The zero-order valence-corrected chi connectivity index (χ0v) is 14.6. The molecule has 25 heavy (non-hydrogen) atoms. The minimum absolute atomic E-state index is 0.0654. The molecule has 4 atom stereocenters. The van der Waals surface area contributed by atoms with Crippen LogP contribution in [0.3, 0.4) is 0 Å². The Morgan fingerprint density at radius 3 is 2.76 bits per heavy atom. The van der Waals surface area contributed by atoms with E-state index < -0.39 is 0 Å². The topological polar surface area (TPSA) is 71.8 Å². The van der Waals surface area contributed by atoms with Gasteiger partial charge in [-0.25, -0.2) is 9.67 Å². The van der Waals surface area contributed by atoms with E-state index in [1.165, 1.54) is 32.0 Å². The number of amides is 1. The quantitative estimate of drug-likeness (QED) is 0.849. The minimum Gasteiger partial charge on any atom is -0.376 e. The number of nitrogens with one attached hydrogen (secondary N) is 2. The fourth-order valence-electron chi connectivity index (χ4n) is 4.57. The molecular weight excluding hydrogens is 314 g/mol. The summed E-state index contributed by atoms with van der Waals surface area (Å²) in [4.78, 5) is 16.2. The molecule has 0 spiro atoms. The predicted molar refractivity (Wildman–Crippen MR) is 96.4 cm³/mol.